The highest BCUT2D eigenvalue weighted by atomic mass is 16.4. The van der Waals surface area contributed by atoms with Crippen LogP contribution in [0.1, 0.15) is 25.7 Å². The molecule has 6 nitrogen and oxygen atoms in total. The molecule has 1 heterocycles. The Kier molecular flexibility index (Phi) is 3.35. The number of hydrogen-bond donors (Lipinski definition) is 3. The number of hydrogen-bond acceptors (Lipinski definition) is 4. The maximum Gasteiger partial charge on any atom is 0.326 e. The Morgan fingerprint density at radius 2 is 2.06 bits per heavy atom. The number of aliphatic hydroxyl groups is 1. The van der Waals surface area contributed by atoms with Gasteiger partial charge in [-0.25, -0.2) is 4.79 Å². The van der Waals surface area contributed by atoms with Crippen molar-refractivity contribution >= 4 is 11.9 Å². The second-order valence-corrected chi connectivity index (χ2v) is 5.00. The van der Waals surface area contributed by atoms with Gasteiger partial charge in [-0.1, -0.05) is 0 Å². The highest BCUT2D eigenvalue weighted by molar-refractivity contribution is 5.84. The van der Waals surface area contributed by atoms with E-state index < -0.39 is 18.1 Å². The average Bonchev–Trinajstić information content (AvgIpc) is 3.01. The molecule has 0 aromatic heterocycles. The molecular weight excluding hydrogens is 224 g/mol. The number of likely N-dealkylation sites (tertiary alicyclic amines) is 1. The summed E-state index contributed by atoms with van der Waals surface area (Å²) in [5, 5.41) is 18.4. The first kappa shape index (κ1) is 12.3. The van der Waals surface area contributed by atoms with Gasteiger partial charge in [0.15, 0.2) is 0 Å². The molecule has 1 amide bonds. The van der Waals surface area contributed by atoms with Gasteiger partial charge in [0.1, 0.15) is 6.04 Å². The van der Waals surface area contributed by atoms with Gasteiger partial charge in [0, 0.05) is 25.4 Å². The van der Waals surface area contributed by atoms with E-state index in [-0.39, 0.29) is 31.3 Å². The van der Waals surface area contributed by atoms with Crippen LogP contribution < -0.4 is 5.73 Å². The number of aliphatic carboxylic acids is 1. The molecule has 17 heavy (non-hydrogen) atoms. The van der Waals surface area contributed by atoms with Gasteiger partial charge in [-0.15, -0.1) is 0 Å². The molecule has 2 rings (SSSR count). The third-order valence-corrected chi connectivity index (χ3v) is 3.52. The lowest BCUT2D eigenvalue weighted by Gasteiger charge is -2.22. The summed E-state index contributed by atoms with van der Waals surface area (Å²) in [6.07, 6.45) is 1.66. The van der Waals surface area contributed by atoms with Crippen molar-refractivity contribution in [3.63, 3.8) is 0 Å². The zero-order valence-electron chi connectivity index (χ0n) is 9.58. The lowest BCUT2D eigenvalue weighted by molar-refractivity contribution is -0.148. The van der Waals surface area contributed by atoms with Crippen LogP contribution >= 0.6 is 0 Å². The summed E-state index contributed by atoms with van der Waals surface area (Å²) in [7, 11) is 0. The predicted molar refractivity (Wildman–Crippen MR) is 59.1 cm³/mol. The minimum atomic E-state index is -1.06. The quantitative estimate of drug-likeness (QED) is 0.596. The molecule has 3 atom stereocenters. The normalized spacial score (nSPS) is 30.4. The second kappa shape index (κ2) is 4.62. The number of rotatable bonds is 4. The van der Waals surface area contributed by atoms with E-state index in [1.165, 1.54) is 4.90 Å². The van der Waals surface area contributed by atoms with Crippen molar-refractivity contribution < 1.29 is 19.8 Å². The number of amides is 1. The second-order valence-electron chi connectivity index (χ2n) is 5.00. The lowest BCUT2D eigenvalue weighted by atomic mass is 10.1. The van der Waals surface area contributed by atoms with Gasteiger partial charge in [0.05, 0.1) is 6.10 Å². The molecule has 1 aliphatic heterocycles. The Hall–Kier alpha value is -1.14. The molecule has 1 aliphatic carbocycles. The summed E-state index contributed by atoms with van der Waals surface area (Å²) in [5.41, 5.74) is 5.85. The zero-order valence-corrected chi connectivity index (χ0v) is 9.58. The maximum atomic E-state index is 11.9. The van der Waals surface area contributed by atoms with Gasteiger partial charge in [-0.2, -0.15) is 0 Å². The number of carbonyl (C=O) groups excluding carboxylic acids is 1. The number of carboxylic acid groups (broad SMARTS) is 1. The predicted octanol–water partition coefficient (Wildman–Crippen LogP) is -0.840. The molecule has 1 saturated heterocycles. The Morgan fingerprint density at radius 3 is 2.59 bits per heavy atom. The molecule has 0 aromatic carbocycles. The zero-order chi connectivity index (χ0) is 12.6. The van der Waals surface area contributed by atoms with Crippen molar-refractivity contribution in [2.24, 2.45) is 11.7 Å². The van der Waals surface area contributed by atoms with Gasteiger partial charge < -0.3 is 20.8 Å². The van der Waals surface area contributed by atoms with Crippen LogP contribution in [-0.4, -0.2) is 51.7 Å². The van der Waals surface area contributed by atoms with Crippen molar-refractivity contribution in [2.45, 2.75) is 43.9 Å². The summed E-state index contributed by atoms with van der Waals surface area (Å²) in [6.45, 7) is 0.104. The molecule has 0 radical (unpaired) electrons. The summed E-state index contributed by atoms with van der Waals surface area (Å²) in [6, 6.07) is -1.07. The SMILES string of the molecule is NC(CC(=O)N1CC(O)C[C@H]1C(=O)O)C1CC1. The molecule has 2 unspecified atom stereocenters. The van der Waals surface area contributed by atoms with Crippen molar-refractivity contribution in [2.75, 3.05) is 6.54 Å². The van der Waals surface area contributed by atoms with Crippen LogP contribution in [0.15, 0.2) is 0 Å². The molecular formula is C11H18N2O4. The van der Waals surface area contributed by atoms with E-state index >= 15 is 0 Å². The first-order valence-corrected chi connectivity index (χ1v) is 5.95. The van der Waals surface area contributed by atoms with Gasteiger partial charge in [-0.05, 0) is 18.8 Å². The van der Waals surface area contributed by atoms with Gasteiger partial charge in [-0.3, -0.25) is 4.79 Å². The van der Waals surface area contributed by atoms with Crippen LogP contribution in [0, 0.1) is 5.92 Å². The minimum Gasteiger partial charge on any atom is -0.480 e. The Balaban J connectivity index is 1.94. The molecule has 4 N–H and O–H groups in total. The highest BCUT2D eigenvalue weighted by Gasteiger charge is 2.40. The molecule has 0 bridgehead atoms. The molecule has 6 heteroatoms. The number of nitrogens with zero attached hydrogens (tertiary/aromatic N) is 1. The minimum absolute atomic E-state index is 0.104. The summed E-state index contributed by atoms with van der Waals surface area (Å²) >= 11 is 0. The van der Waals surface area contributed by atoms with Gasteiger partial charge in [0.25, 0.3) is 0 Å². The molecule has 2 fully saturated rings. The van der Waals surface area contributed by atoms with Crippen LogP contribution in [0.25, 0.3) is 0 Å². The molecule has 96 valence electrons. The molecule has 0 spiro atoms. The summed E-state index contributed by atoms with van der Waals surface area (Å²) < 4.78 is 0. The van der Waals surface area contributed by atoms with E-state index in [2.05, 4.69) is 0 Å². The first-order chi connectivity index (χ1) is 7.99. The standard InChI is InChI=1S/C11H18N2O4/c12-8(6-1-2-6)4-10(15)13-5-7(14)3-9(13)11(16)17/h6-9,14H,1-5,12H2,(H,16,17)/t7?,8?,9-/m0/s1. The Morgan fingerprint density at radius 1 is 1.41 bits per heavy atom. The summed E-state index contributed by atoms with van der Waals surface area (Å²) in [5.74, 6) is -0.905. The van der Waals surface area contributed by atoms with Crippen LogP contribution in [0.2, 0.25) is 0 Å². The topological polar surface area (TPSA) is 104 Å². The van der Waals surface area contributed by atoms with Crippen molar-refractivity contribution in [1.82, 2.24) is 4.90 Å². The van der Waals surface area contributed by atoms with E-state index in [9.17, 15) is 14.7 Å². The fourth-order valence-corrected chi connectivity index (χ4v) is 2.33. The molecule has 1 saturated carbocycles. The number of β-amino-alcohol motifs (C(OH)–C–C–N with tert-alkyl or cyclic N) is 1. The van der Waals surface area contributed by atoms with E-state index in [1.54, 1.807) is 0 Å². The van der Waals surface area contributed by atoms with Crippen LogP contribution in [0.4, 0.5) is 0 Å². The lowest BCUT2D eigenvalue weighted by Crippen LogP contribution is -2.43. The fourth-order valence-electron chi connectivity index (χ4n) is 2.33. The Labute approximate surface area is 99.4 Å². The number of nitrogens with two attached hydrogens (primary N) is 1. The smallest absolute Gasteiger partial charge is 0.326 e. The molecule has 2 aliphatic rings. The monoisotopic (exact) mass is 242 g/mol. The van der Waals surface area contributed by atoms with Gasteiger partial charge in [0.2, 0.25) is 5.91 Å². The van der Waals surface area contributed by atoms with E-state index in [0.29, 0.717) is 5.92 Å². The van der Waals surface area contributed by atoms with Crippen LogP contribution in [-0.2, 0) is 9.59 Å². The Bertz CT molecular complexity index is 329. The third kappa shape index (κ3) is 2.76. The summed E-state index contributed by atoms with van der Waals surface area (Å²) in [4.78, 5) is 24.1. The first-order valence-electron chi connectivity index (χ1n) is 5.95. The van der Waals surface area contributed by atoms with Crippen LogP contribution in [0.3, 0.4) is 0 Å². The highest BCUT2D eigenvalue weighted by Crippen LogP contribution is 2.33. The van der Waals surface area contributed by atoms with Crippen molar-refractivity contribution in [1.29, 1.82) is 0 Å². The van der Waals surface area contributed by atoms with Gasteiger partial charge >= 0.3 is 5.97 Å². The maximum absolute atomic E-state index is 11.9. The number of aliphatic hydroxyl groups excluding tert-OH is 1. The number of carboxylic acids is 1. The average molecular weight is 242 g/mol. The van der Waals surface area contributed by atoms with Crippen LogP contribution in [0.5, 0.6) is 0 Å². The van der Waals surface area contributed by atoms with E-state index in [1.807, 2.05) is 0 Å². The molecule has 0 aromatic rings. The number of carbonyl (C=O) groups is 2. The van der Waals surface area contributed by atoms with E-state index in [4.69, 9.17) is 10.8 Å². The van der Waals surface area contributed by atoms with E-state index in [0.717, 1.165) is 12.8 Å². The van der Waals surface area contributed by atoms with Crippen molar-refractivity contribution in [3.8, 4) is 0 Å². The van der Waals surface area contributed by atoms with Crippen molar-refractivity contribution in [3.05, 3.63) is 0 Å². The fraction of sp³-hybridized carbons (Fsp3) is 0.818. The largest absolute Gasteiger partial charge is 0.480 e. The third-order valence-electron chi connectivity index (χ3n) is 3.52.